The Labute approximate surface area is 105 Å². The fourth-order valence-electron chi connectivity index (χ4n) is 1.98. The normalized spacial score (nSPS) is 19.2. The van der Waals surface area contributed by atoms with E-state index in [1.165, 1.54) is 0 Å². The number of nitrogens with zero attached hydrogens (tertiary/aromatic N) is 1. The molecule has 1 heterocycles. The summed E-state index contributed by atoms with van der Waals surface area (Å²) in [6.07, 6.45) is 0.857. The predicted octanol–water partition coefficient (Wildman–Crippen LogP) is 2.02. The third kappa shape index (κ3) is 3.11. The zero-order valence-corrected chi connectivity index (χ0v) is 10.1. The van der Waals surface area contributed by atoms with Gasteiger partial charge >= 0.3 is 5.97 Å². The lowest BCUT2D eigenvalue weighted by Crippen LogP contribution is -2.39. The van der Waals surface area contributed by atoms with Crippen LogP contribution in [0.3, 0.4) is 0 Å². The number of benzene rings is 1. The Morgan fingerprint density at radius 1 is 1.47 bits per heavy atom. The maximum Gasteiger partial charge on any atom is 0.323 e. The van der Waals surface area contributed by atoms with Crippen LogP contribution in [0, 0.1) is 0 Å². The van der Waals surface area contributed by atoms with Gasteiger partial charge in [0.15, 0.2) is 0 Å². The molecule has 0 aliphatic carbocycles. The van der Waals surface area contributed by atoms with Crippen molar-refractivity contribution in [1.29, 1.82) is 0 Å². The smallest absolute Gasteiger partial charge is 0.323 e. The van der Waals surface area contributed by atoms with Crippen LogP contribution < -0.4 is 4.90 Å². The standard InChI is InChI=1S/C12H14ClNO3/c13-9-1-3-10(4-2-9)14(7-12(15)16)11-5-6-17-8-11/h1-4,11H,5-8H2,(H,15,16). The van der Waals surface area contributed by atoms with Gasteiger partial charge in [-0.3, -0.25) is 4.79 Å². The summed E-state index contributed by atoms with van der Waals surface area (Å²) in [6, 6.07) is 7.34. The molecular weight excluding hydrogens is 242 g/mol. The van der Waals surface area contributed by atoms with Crippen LogP contribution in [0.5, 0.6) is 0 Å². The molecule has 1 aliphatic heterocycles. The molecule has 1 atom stereocenters. The van der Waals surface area contributed by atoms with Crippen LogP contribution in [0.2, 0.25) is 5.02 Å². The summed E-state index contributed by atoms with van der Waals surface area (Å²) in [5.74, 6) is -0.841. The molecule has 0 bridgehead atoms. The Kier molecular flexibility index (Phi) is 3.86. The molecule has 17 heavy (non-hydrogen) atoms. The lowest BCUT2D eigenvalue weighted by molar-refractivity contribution is -0.135. The number of ether oxygens (including phenoxy) is 1. The van der Waals surface area contributed by atoms with E-state index in [2.05, 4.69) is 0 Å². The van der Waals surface area contributed by atoms with Crippen LogP contribution in [-0.2, 0) is 9.53 Å². The van der Waals surface area contributed by atoms with Crippen molar-refractivity contribution in [3.63, 3.8) is 0 Å². The van der Waals surface area contributed by atoms with Crippen molar-refractivity contribution in [2.24, 2.45) is 0 Å². The molecule has 1 saturated heterocycles. The first-order valence-electron chi connectivity index (χ1n) is 5.48. The second-order valence-corrected chi connectivity index (χ2v) is 4.45. The number of hydrogen-bond donors (Lipinski definition) is 1. The number of carboxylic acids is 1. The van der Waals surface area contributed by atoms with Crippen molar-refractivity contribution in [3.8, 4) is 0 Å². The molecule has 0 radical (unpaired) electrons. The molecule has 0 amide bonds. The first kappa shape index (κ1) is 12.2. The first-order valence-corrected chi connectivity index (χ1v) is 5.86. The van der Waals surface area contributed by atoms with Gasteiger partial charge in [-0.05, 0) is 30.7 Å². The quantitative estimate of drug-likeness (QED) is 0.894. The number of halogens is 1. The molecule has 0 aromatic heterocycles. The van der Waals surface area contributed by atoms with E-state index in [4.69, 9.17) is 21.4 Å². The van der Waals surface area contributed by atoms with Gasteiger partial charge in [0.2, 0.25) is 0 Å². The molecule has 0 saturated carbocycles. The fraction of sp³-hybridized carbons (Fsp3) is 0.417. The van der Waals surface area contributed by atoms with Crippen LogP contribution in [-0.4, -0.2) is 36.9 Å². The van der Waals surface area contributed by atoms with Crippen molar-refractivity contribution < 1.29 is 14.6 Å². The van der Waals surface area contributed by atoms with E-state index in [9.17, 15) is 4.79 Å². The number of rotatable bonds is 4. The Morgan fingerprint density at radius 2 is 2.18 bits per heavy atom. The lowest BCUT2D eigenvalue weighted by atomic mass is 10.2. The Morgan fingerprint density at radius 3 is 2.71 bits per heavy atom. The largest absolute Gasteiger partial charge is 0.480 e. The fourth-order valence-corrected chi connectivity index (χ4v) is 2.10. The summed E-state index contributed by atoms with van der Waals surface area (Å²) in [4.78, 5) is 12.8. The number of carbonyl (C=O) groups is 1. The van der Waals surface area contributed by atoms with Gasteiger partial charge in [0.05, 0.1) is 12.6 Å². The molecule has 1 fully saturated rings. The average molecular weight is 256 g/mol. The second-order valence-electron chi connectivity index (χ2n) is 4.02. The number of anilines is 1. The number of aliphatic carboxylic acids is 1. The third-order valence-electron chi connectivity index (χ3n) is 2.81. The summed E-state index contributed by atoms with van der Waals surface area (Å²) in [7, 11) is 0. The van der Waals surface area contributed by atoms with Crippen LogP contribution in [0.4, 0.5) is 5.69 Å². The molecule has 2 rings (SSSR count). The molecule has 0 spiro atoms. The van der Waals surface area contributed by atoms with E-state index in [0.717, 1.165) is 12.1 Å². The highest BCUT2D eigenvalue weighted by Gasteiger charge is 2.25. The van der Waals surface area contributed by atoms with Gasteiger partial charge in [0, 0.05) is 17.3 Å². The van der Waals surface area contributed by atoms with Crippen LogP contribution in [0.25, 0.3) is 0 Å². The summed E-state index contributed by atoms with van der Waals surface area (Å²) in [6.45, 7) is 1.25. The number of hydrogen-bond acceptors (Lipinski definition) is 3. The second kappa shape index (κ2) is 5.38. The summed E-state index contributed by atoms with van der Waals surface area (Å²) in [5, 5.41) is 9.60. The Bertz CT molecular complexity index is 387. The SMILES string of the molecule is O=C(O)CN(c1ccc(Cl)cc1)C1CCOC1. The van der Waals surface area contributed by atoms with Gasteiger partial charge in [0.25, 0.3) is 0 Å². The lowest BCUT2D eigenvalue weighted by Gasteiger charge is -2.28. The minimum Gasteiger partial charge on any atom is -0.480 e. The van der Waals surface area contributed by atoms with Crippen molar-refractivity contribution in [1.82, 2.24) is 0 Å². The molecule has 5 heteroatoms. The van der Waals surface area contributed by atoms with Crippen molar-refractivity contribution in [2.45, 2.75) is 12.5 Å². The van der Waals surface area contributed by atoms with Crippen molar-refractivity contribution in [3.05, 3.63) is 29.3 Å². The van der Waals surface area contributed by atoms with E-state index in [0.29, 0.717) is 18.2 Å². The summed E-state index contributed by atoms with van der Waals surface area (Å²) in [5.41, 5.74) is 0.868. The zero-order valence-electron chi connectivity index (χ0n) is 9.30. The van der Waals surface area contributed by atoms with E-state index in [1.807, 2.05) is 17.0 Å². The van der Waals surface area contributed by atoms with Crippen LogP contribution in [0.1, 0.15) is 6.42 Å². The molecular formula is C12H14ClNO3. The highest BCUT2D eigenvalue weighted by Crippen LogP contribution is 2.23. The van der Waals surface area contributed by atoms with Gasteiger partial charge in [0.1, 0.15) is 6.54 Å². The molecule has 1 N–H and O–H groups in total. The van der Waals surface area contributed by atoms with E-state index in [-0.39, 0.29) is 12.6 Å². The van der Waals surface area contributed by atoms with Gasteiger partial charge in [-0.1, -0.05) is 11.6 Å². The molecule has 92 valence electrons. The highest BCUT2D eigenvalue weighted by atomic mass is 35.5. The molecule has 1 aromatic rings. The monoisotopic (exact) mass is 255 g/mol. The minimum absolute atomic E-state index is 0.0182. The van der Waals surface area contributed by atoms with E-state index in [1.54, 1.807) is 12.1 Å². The molecule has 1 aliphatic rings. The van der Waals surface area contributed by atoms with Gasteiger partial charge in [-0.15, -0.1) is 0 Å². The molecule has 1 aromatic carbocycles. The zero-order chi connectivity index (χ0) is 12.3. The average Bonchev–Trinajstić information content (AvgIpc) is 2.80. The maximum atomic E-state index is 10.9. The van der Waals surface area contributed by atoms with Crippen LogP contribution >= 0.6 is 11.6 Å². The summed E-state index contributed by atoms with van der Waals surface area (Å²) >= 11 is 5.82. The van der Waals surface area contributed by atoms with Gasteiger partial charge in [-0.25, -0.2) is 0 Å². The maximum absolute atomic E-state index is 10.9. The topological polar surface area (TPSA) is 49.8 Å². The molecule has 1 unspecified atom stereocenters. The predicted molar refractivity (Wildman–Crippen MR) is 65.7 cm³/mol. The van der Waals surface area contributed by atoms with Gasteiger partial charge in [-0.2, -0.15) is 0 Å². The minimum atomic E-state index is -0.841. The van der Waals surface area contributed by atoms with Crippen LogP contribution in [0.15, 0.2) is 24.3 Å². The van der Waals surface area contributed by atoms with Crippen molar-refractivity contribution >= 4 is 23.3 Å². The highest BCUT2D eigenvalue weighted by molar-refractivity contribution is 6.30. The Hall–Kier alpha value is -1.26. The summed E-state index contributed by atoms with van der Waals surface area (Å²) < 4.78 is 5.30. The number of carboxylic acid groups (broad SMARTS) is 1. The van der Waals surface area contributed by atoms with Crippen molar-refractivity contribution in [2.75, 3.05) is 24.7 Å². The molecule has 4 nitrogen and oxygen atoms in total. The third-order valence-corrected chi connectivity index (χ3v) is 3.06. The van der Waals surface area contributed by atoms with Gasteiger partial charge < -0.3 is 14.7 Å². The van der Waals surface area contributed by atoms with E-state index >= 15 is 0 Å². The van der Waals surface area contributed by atoms with E-state index < -0.39 is 5.97 Å². The Balaban J connectivity index is 2.19. The first-order chi connectivity index (χ1) is 8.16.